The highest BCUT2D eigenvalue weighted by Gasteiger charge is 2.15. The Kier molecular flexibility index (Phi) is 7.55. The van der Waals surface area contributed by atoms with E-state index in [-0.39, 0.29) is 18.3 Å². The Bertz CT molecular complexity index is 1290. The molecular formula is C27H25FN2O4. The van der Waals surface area contributed by atoms with Gasteiger partial charge in [0.1, 0.15) is 17.1 Å². The fraction of sp³-hybridized carbons (Fsp3) is 0.185. The second-order valence-corrected chi connectivity index (χ2v) is 7.80. The van der Waals surface area contributed by atoms with Gasteiger partial charge in [-0.3, -0.25) is 4.79 Å². The minimum absolute atomic E-state index is 0.143. The fourth-order valence-corrected chi connectivity index (χ4v) is 3.61. The van der Waals surface area contributed by atoms with Crippen molar-refractivity contribution in [2.24, 2.45) is 0 Å². The molecule has 0 fully saturated rings. The van der Waals surface area contributed by atoms with Crippen LogP contribution in [0.3, 0.4) is 0 Å². The molecule has 0 unspecified atom stereocenters. The number of hydrogen-bond donors (Lipinski definition) is 1. The first-order chi connectivity index (χ1) is 16.6. The molecular weight excluding hydrogens is 435 g/mol. The third-order valence-corrected chi connectivity index (χ3v) is 5.32. The molecule has 4 aromatic rings. The number of carbonyl (C=O) groups is 1. The number of hydrogen-bond acceptors (Lipinski definition) is 5. The molecule has 0 bridgehead atoms. The average molecular weight is 461 g/mol. The molecule has 6 nitrogen and oxygen atoms in total. The van der Waals surface area contributed by atoms with Crippen LogP contribution in [-0.2, 0) is 11.3 Å². The zero-order chi connectivity index (χ0) is 23.8. The van der Waals surface area contributed by atoms with Gasteiger partial charge in [0.05, 0.1) is 5.69 Å². The van der Waals surface area contributed by atoms with Crippen molar-refractivity contribution in [2.75, 3.05) is 25.0 Å². The Morgan fingerprint density at radius 1 is 0.971 bits per heavy atom. The lowest BCUT2D eigenvalue weighted by atomic mass is 10.2. The van der Waals surface area contributed by atoms with Crippen LogP contribution >= 0.6 is 0 Å². The van der Waals surface area contributed by atoms with Crippen LogP contribution in [0.5, 0.6) is 5.75 Å². The summed E-state index contributed by atoms with van der Waals surface area (Å²) in [6, 6.07) is 24.1. The molecule has 0 radical (unpaired) electrons. The summed E-state index contributed by atoms with van der Waals surface area (Å²) in [6.45, 7) is 1.36. The molecule has 174 valence electrons. The summed E-state index contributed by atoms with van der Waals surface area (Å²) >= 11 is 0. The third kappa shape index (κ3) is 6.22. The number of ether oxygens (including phenoxy) is 1. The number of amides is 1. The maximum Gasteiger partial charge on any atom is 0.338 e. The SMILES string of the molecule is O=C(COc1ccc(F)cc1)N(CCCNc1cc(=O)oc2ccccc12)Cc1ccccc1. The summed E-state index contributed by atoms with van der Waals surface area (Å²) in [4.78, 5) is 26.5. The van der Waals surface area contributed by atoms with Gasteiger partial charge < -0.3 is 19.4 Å². The highest BCUT2D eigenvalue weighted by atomic mass is 19.1. The van der Waals surface area contributed by atoms with Crippen LogP contribution in [0, 0.1) is 5.82 Å². The van der Waals surface area contributed by atoms with Crippen LogP contribution < -0.4 is 15.7 Å². The van der Waals surface area contributed by atoms with E-state index in [4.69, 9.17) is 9.15 Å². The maximum absolute atomic E-state index is 13.1. The first-order valence-corrected chi connectivity index (χ1v) is 11.1. The number of halogens is 1. The van der Waals surface area contributed by atoms with Crippen LogP contribution in [0.15, 0.2) is 94.1 Å². The molecule has 1 N–H and O–H groups in total. The van der Waals surface area contributed by atoms with E-state index in [0.717, 1.165) is 10.9 Å². The van der Waals surface area contributed by atoms with E-state index in [1.807, 2.05) is 48.5 Å². The molecule has 34 heavy (non-hydrogen) atoms. The zero-order valence-electron chi connectivity index (χ0n) is 18.6. The maximum atomic E-state index is 13.1. The number of fused-ring (bicyclic) bond motifs is 1. The Hall–Kier alpha value is -4.13. The predicted octanol–water partition coefficient (Wildman–Crippen LogP) is 4.84. The van der Waals surface area contributed by atoms with Crippen molar-refractivity contribution in [1.29, 1.82) is 0 Å². The van der Waals surface area contributed by atoms with Crippen molar-refractivity contribution in [3.8, 4) is 5.75 Å². The minimum atomic E-state index is -0.417. The Labute approximate surface area is 196 Å². The lowest BCUT2D eigenvalue weighted by Gasteiger charge is -2.23. The van der Waals surface area contributed by atoms with Crippen molar-refractivity contribution in [2.45, 2.75) is 13.0 Å². The first-order valence-electron chi connectivity index (χ1n) is 11.1. The number of rotatable bonds is 10. The molecule has 7 heteroatoms. The van der Waals surface area contributed by atoms with Crippen LogP contribution in [0.25, 0.3) is 11.0 Å². The molecule has 0 atom stereocenters. The van der Waals surface area contributed by atoms with E-state index in [2.05, 4.69) is 5.32 Å². The number of nitrogens with one attached hydrogen (secondary N) is 1. The molecule has 0 aliphatic carbocycles. The van der Waals surface area contributed by atoms with Gasteiger partial charge in [0.15, 0.2) is 6.61 Å². The van der Waals surface area contributed by atoms with E-state index in [1.165, 1.54) is 30.3 Å². The summed E-state index contributed by atoms with van der Waals surface area (Å²) in [6.07, 6.45) is 0.656. The predicted molar refractivity (Wildman–Crippen MR) is 129 cm³/mol. The van der Waals surface area contributed by atoms with Gasteiger partial charge in [-0.05, 0) is 48.4 Å². The summed E-state index contributed by atoms with van der Waals surface area (Å²) in [7, 11) is 0. The largest absolute Gasteiger partial charge is 0.484 e. The summed E-state index contributed by atoms with van der Waals surface area (Å²) < 4.78 is 23.9. The molecule has 0 aliphatic rings. The highest BCUT2D eigenvalue weighted by molar-refractivity contribution is 5.89. The van der Waals surface area contributed by atoms with Gasteiger partial charge in [-0.2, -0.15) is 0 Å². The third-order valence-electron chi connectivity index (χ3n) is 5.32. The van der Waals surface area contributed by atoms with Gasteiger partial charge in [-0.1, -0.05) is 42.5 Å². The van der Waals surface area contributed by atoms with Gasteiger partial charge in [0.25, 0.3) is 5.91 Å². The molecule has 1 heterocycles. The standard InChI is InChI=1S/C27H25FN2O4/c28-21-11-13-22(14-12-21)33-19-26(31)30(18-20-7-2-1-3-8-20)16-6-15-29-24-17-27(32)34-25-10-5-4-9-23(24)25/h1-5,7-14,17,29H,6,15-16,18-19H2. The number of para-hydroxylation sites is 1. The molecule has 3 aromatic carbocycles. The Morgan fingerprint density at radius 3 is 2.50 bits per heavy atom. The van der Waals surface area contributed by atoms with Gasteiger partial charge >= 0.3 is 5.63 Å². The van der Waals surface area contributed by atoms with Crippen molar-refractivity contribution < 1.29 is 18.3 Å². The summed E-state index contributed by atoms with van der Waals surface area (Å²) in [5, 5.41) is 4.11. The van der Waals surface area contributed by atoms with Gasteiger partial charge in [-0.25, -0.2) is 9.18 Å². The quantitative estimate of drug-likeness (QED) is 0.271. The van der Waals surface area contributed by atoms with Crippen LogP contribution in [0.1, 0.15) is 12.0 Å². The number of carbonyl (C=O) groups excluding carboxylic acids is 1. The van der Waals surface area contributed by atoms with Crippen LogP contribution in [0.2, 0.25) is 0 Å². The number of benzene rings is 3. The normalized spacial score (nSPS) is 10.7. The van der Waals surface area contributed by atoms with E-state index in [9.17, 15) is 14.0 Å². The summed E-state index contributed by atoms with van der Waals surface area (Å²) in [5.74, 6) is -0.0919. The molecule has 0 aliphatic heterocycles. The van der Waals surface area contributed by atoms with Crippen LogP contribution in [-0.4, -0.2) is 30.5 Å². The Balaban J connectivity index is 1.38. The fourth-order valence-electron chi connectivity index (χ4n) is 3.61. The van der Waals surface area contributed by atoms with Gasteiger partial charge in [0.2, 0.25) is 0 Å². The lowest BCUT2D eigenvalue weighted by molar-refractivity contribution is -0.134. The summed E-state index contributed by atoms with van der Waals surface area (Å²) in [5.41, 5.74) is 1.82. The van der Waals surface area contributed by atoms with Crippen molar-refractivity contribution in [1.82, 2.24) is 4.90 Å². The van der Waals surface area contributed by atoms with Gasteiger partial charge in [0, 0.05) is 31.1 Å². The second-order valence-electron chi connectivity index (χ2n) is 7.80. The zero-order valence-corrected chi connectivity index (χ0v) is 18.6. The molecule has 4 rings (SSSR count). The molecule has 1 amide bonds. The number of nitrogens with zero attached hydrogens (tertiary/aromatic N) is 1. The number of anilines is 1. The smallest absolute Gasteiger partial charge is 0.338 e. The monoisotopic (exact) mass is 460 g/mol. The minimum Gasteiger partial charge on any atom is -0.484 e. The van der Waals surface area contributed by atoms with Gasteiger partial charge in [-0.15, -0.1) is 0 Å². The van der Waals surface area contributed by atoms with Crippen molar-refractivity contribution in [3.63, 3.8) is 0 Å². The molecule has 0 spiro atoms. The first kappa shape index (κ1) is 23.0. The second kappa shape index (κ2) is 11.1. The highest BCUT2D eigenvalue weighted by Crippen LogP contribution is 2.21. The average Bonchev–Trinajstić information content (AvgIpc) is 2.85. The molecule has 0 saturated heterocycles. The van der Waals surface area contributed by atoms with E-state index >= 15 is 0 Å². The van der Waals surface area contributed by atoms with E-state index < -0.39 is 5.63 Å². The van der Waals surface area contributed by atoms with Crippen molar-refractivity contribution >= 4 is 22.6 Å². The van der Waals surface area contributed by atoms with Crippen LogP contribution in [0.4, 0.5) is 10.1 Å². The lowest BCUT2D eigenvalue weighted by Crippen LogP contribution is -2.36. The van der Waals surface area contributed by atoms with E-state index in [1.54, 1.807) is 11.0 Å². The topological polar surface area (TPSA) is 71.8 Å². The van der Waals surface area contributed by atoms with E-state index in [0.29, 0.717) is 43.1 Å². The van der Waals surface area contributed by atoms with Crippen molar-refractivity contribution in [3.05, 3.63) is 107 Å². The Morgan fingerprint density at radius 2 is 1.71 bits per heavy atom. The molecule has 1 aromatic heterocycles. The molecule has 0 saturated carbocycles.